The van der Waals surface area contributed by atoms with Crippen LogP contribution >= 0.6 is 11.6 Å². The summed E-state index contributed by atoms with van der Waals surface area (Å²) < 4.78 is 128. The quantitative estimate of drug-likeness (QED) is 0.0225. The molecule has 3 saturated heterocycles. The number of morpholine rings is 3. The van der Waals surface area contributed by atoms with Gasteiger partial charge in [0.15, 0.2) is 45.1 Å². The molecule has 7 heterocycles. The van der Waals surface area contributed by atoms with E-state index in [1.54, 1.807) is 175 Å². The van der Waals surface area contributed by atoms with Gasteiger partial charge in [0.25, 0.3) is 0 Å². The molecule has 4 aliphatic rings. The molecule has 1 saturated carbocycles. The fourth-order valence-corrected chi connectivity index (χ4v) is 18.9. The predicted octanol–water partition coefficient (Wildman–Crippen LogP) is 15.5. The Hall–Kier alpha value is -9.87. The summed E-state index contributed by atoms with van der Waals surface area (Å²) in [4.78, 5) is 73.7. The lowest BCUT2D eigenvalue weighted by Crippen LogP contribution is -2.44. The molecule has 8 aromatic rings. The number of Topliss-reactive ketones (excluding diaryl/α,β-unsaturated/α-hetero) is 1. The first-order chi connectivity index (χ1) is 58.3. The molecule has 0 spiro atoms. The number of ether oxygens (including phenoxy) is 5. The number of hydrogen-bond acceptors (Lipinski definition) is 25. The van der Waals surface area contributed by atoms with E-state index in [1.807, 2.05) is 0 Å². The number of anilines is 7. The van der Waals surface area contributed by atoms with Crippen LogP contribution in [0.3, 0.4) is 0 Å². The number of benzene rings is 4. The number of halogens is 1. The second-order valence-corrected chi connectivity index (χ2v) is 41.6. The Bertz CT molecular complexity index is 5170. The Morgan fingerprint density at radius 1 is 0.455 bits per heavy atom. The summed E-state index contributed by atoms with van der Waals surface area (Å²) >= 11 is 5.67. The summed E-state index contributed by atoms with van der Waals surface area (Å²) in [5, 5.41) is 11.3. The van der Waals surface area contributed by atoms with Crippen molar-refractivity contribution >= 4 is 115 Å². The van der Waals surface area contributed by atoms with Gasteiger partial charge in [-0.25, -0.2) is 68.0 Å². The number of pyridine rings is 4. The van der Waals surface area contributed by atoms with Gasteiger partial charge >= 0.3 is 18.2 Å². The smallest absolute Gasteiger partial charge is 0.412 e. The molecule has 666 valence electrons. The van der Waals surface area contributed by atoms with E-state index in [0.29, 0.717) is 109 Å². The second-order valence-electron chi connectivity index (χ2n) is 33.3. The minimum absolute atomic E-state index is 0.0636. The van der Waals surface area contributed by atoms with Crippen LogP contribution in [-0.2, 0) is 90.8 Å². The average Bonchev–Trinajstić information content (AvgIpc) is 0.826. The number of nitrogens with zero attached hydrogens (tertiary/aromatic N) is 7. The van der Waals surface area contributed by atoms with Crippen LogP contribution in [0.15, 0.2) is 190 Å². The van der Waals surface area contributed by atoms with Crippen molar-refractivity contribution in [2.24, 2.45) is 17.8 Å². The highest BCUT2D eigenvalue weighted by atomic mass is 35.5. The van der Waals surface area contributed by atoms with Gasteiger partial charge in [0.05, 0.1) is 88.3 Å². The lowest BCUT2D eigenvalue weighted by molar-refractivity contribution is -0.122. The van der Waals surface area contributed by atoms with Crippen LogP contribution in [0.5, 0.6) is 0 Å². The summed E-state index contributed by atoms with van der Waals surface area (Å²) in [6.07, 6.45) is 14.6. The highest BCUT2D eigenvalue weighted by Crippen LogP contribution is 2.31. The number of ketones is 1. The van der Waals surface area contributed by atoms with Crippen LogP contribution < -0.4 is 41.7 Å². The Balaban J connectivity index is 0.000000193. The first-order valence-electron chi connectivity index (χ1n) is 41.4. The van der Waals surface area contributed by atoms with E-state index < -0.39 is 74.8 Å². The molecule has 3 aliphatic heterocycles. The molecule has 0 radical (unpaired) electrons. The van der Waals surface area contributed by atoms with Gasteiger partial charge in [-0.3, -0.25) is 15.4 Å². The number of hydrogen-bond donors (Lipinski definition) is 5. The monoisotopic (exact) mass is 1790 g/mol. The van der Waals surface area contributed by atoms with E-state index >= 15 is 0 Å². The van der Waals surface area contributed by atoms with Gasteiger partial charge in [-0.2, -0.15) is 0 Å². The number of nitrogen functional groups attached to an aromatic ring is 1. The van der Waals surface area contributed by atoms with Gasteiger partial charge in [-0.15, -0.1) is 0 Å². The van der Waals surface area contributed by atoms with E-state index in [0.717, 1.165) is 88.8 Å². The summed E-state index contributed by atoms with van der Waals surface area (Å²) in [6, 6.07) is 38.7. The Morgan fingerprint density at radius 3 is 1.11 bits per heavy atom. The van der Waals surface area contributed by atoms with Gasteiger partial charge in [0.1, 0.15) is 33.8 Å². The molecule has 0 bridgehead atoms. The largest absolute Gasteiger partial charge is 0.444 e. The van der Waals surface area contributed by atoms with Crippen molar-refractivity contribution in [3.8, 4) is 0 Å². The molecule has 1 unspecified atom stereocenters. The van der Waals surface area contributed by atoms with Crippen LogP contribution in [-0.4, -0.2) is 174 Å². The van der Waals surface area contributed by atoms with E-state index in [9.17, 15) is 52.8 Å². The lowest BCUT2D eigenvalue weighted by Gasteiger charge is -2.27. The predicted molar refractivity (Wildman–Crippen MR) is 479 cm³/mol. The standard InChI is InChI=1S/C35H52N4O5S.C21H27N3O5S.C17H19ClN2O4S.C16H19N3O3S/c1-26(2)8-7-9-27(3)22-33(40)32(23-28-10-5-4-6-11-28)38-35(41)37-30-14-12-29(13-15-30)25-45(42,43)31-16-17-34(36-24-31)39-18-20-44-21-19-39;1-21(2,3)29-20(25)23-17-6-4-16(5-7-17)15-30(26,27)18-8-9-19(22-14-18)24-10-12-28-13-11-24;1-17(2,3)24-16(21)20-13-6-4-12(5-7-13)11-25(22,23)14-8-9-15(18)19-10-14;17-14-3-1-13(2-4-14)12-23(20,21)15-5-6-16(18-11-15)19-7-9-22-10-8-19/h12-17,24,26-28,32H,4-11,18-23,25H2,1-3H3,(H2,37,38,41);4-9,14H,10-13,15H2,1-3H3,(H,23,25);4-10H,11H2,1-3H3,(H,20,21);1-6,11H,7-10,12,17H2/t27?,32-;;;/m1.../s1. The molecule has 4 aromatic carbocycles. The molecule has 12 rings (SSSR count). The van der Waals surface area contributed by atoms with Crippen LogP contribution in [0, 0.1) is 17.8 Å². The molecule has 123 heavy (non-hydrogen) atoms. The van der Waals surface area contributed by atoms with Crippen molar-refractivity contribution < 1.29 is 76.5 Å². The Kier molecular flexibility index (Phi) is 36.0. The van der Waals surface area contributed by atoms with Crippen molar-refractivity contribution in [2.75, 3.05) is 115 Å². The van der Waals surface area contributed by atoms with Crippen molar-refractivity contribution in [3.63, 3.8) is 0 Å². The molecule has 34 heteroatoms. The first-order valence-corrected chi connectivity index (χ1v) is 48.4. The summed E-state index contributed by atoms with van der Waals surface area (Å²) in [5.74, 6) is 3.21. The normalized spacial score (nSPS) is 15.4. The van der Waals surface area contributed by atoms with Crippen molar-refractivity contribution in [1.82, 2.24) is 25.3 Å². The fourth-order valence-electron chi connectivity index (χ4n) is 13.7. The number of aromatic nitrogens is 4. The zero-order chi connectivity index (χ0) is 89.0. The highest BCUT2D eigenvalue weighted by Gasteiger charge is 2.29. The number of amides is 4. The average molecular weight is 1790 g/mol. The maximum Gasteiger partial charge on any atom is 0.412 e. The minimum Gasteiger partial charge on any atom is -0.444 e. The minimum atomic E-state index is -3.60. The van der Waals surface area contributed by atoms with Crippen molar-refractivity contribution in [1.29, 1.82) is 0 Å². The Morgan fingerprint density at radius 2 is 0.789 bits per heavy atom. The SMILES string of the molecule is CC(C)(C)OC(=O)Nc1ccc(CS(=O)(=O)c2ccc(Cl)nc2)cc1.CC(C)(C)OC(=O)Nc1ccc(CS(=O)(=O)c2ccc(N3CCOCC3)nc2)cc1.CC(C)CCCC(C)CC(=O)[C@@H](CC1CCCCC1)NC(=O)Nc1ccc(CS(=O)(=O)c2ccc(N3CCOCC3)nc2)cc1.Nc1ccc(CS(=O)(=O)c2ccc(N3CCOCC3)nc2)cc1. The number of nitrogens with two attached hydrogens (primary N) is 1. The number of sulfone groups is 4. The van der Waals surface area contributed by atoms with Crippen molar-refractivity contribution in [2.45, 2.75) is 186 Å². The molecule has 29 nitrogen and oxygen atoms in total. The number of nitrogens with one attached hydrogen (secondary N) is 4. The van der Waals surface area contributed by atoms with Gasteiger partial charge in [0, 0.05) is 93.2 Å². The van der Waals surface area contributed by atoms with E-state index in [-0.39, 0.29) is 59.4 Å². The zero-order valence-electron chi connectivity index (χ0n) is 71.5. The number of carbonyl (C=O) groups excluding carboxylic acids is 4. The van der Waals surface area contributed by atoms with Crippen molar-refractivity contribution in [3.05, 3.63) is 198 Å². The topological polar surface area (TPSA) is 386 Å². The first kappa shape index (κ1) is 96.9. The maximum absolute atomic E-state index is 13.4. The van der Waals surface area contributed by atoms with Gasteiger partial charge in [0.2, 0.25) is 0 Å². The Labute approximate surface area is 729 Å². The molecule has 4 aromatic heterocycles. The third-order valence-corrected chi connectivity index (χ3v) is 27.1. The molecule has 6 N–H and O–H groups in total. The van der Waals surface area contributed by atoms with Gasteiger partial charge in [-0.05, 0) is 185 Å². The highest BCUT2D eigenvalue weighted by molar-refractivity contribution is 7.91. The third-order valence-electron chi connectivity index (χ3n) is 20.1. The van der Waals surface area contributed by atoms with E-state index in [2.05, 4.69) is 76.7 Å². The van der Waals surface area contributed by atoms with Gasteiger partial charge < -0.3 is 54.8 Å². The van der Waals surface area contributed by atoms with Crippen LogP contribution in [0.4, 0.5) is 54.6 Å². The second kappa shape index (κ2) is 45.7. The number of rotatable bonds is 28. The maximum atomic E-state index is 13.4. The van der Waals surface area contributed by atoms with E-state index in [4.69, 9.17) is 41.0 Å². The molecule has 2 atom stereocenters. The van der Waals surface area contributed by atoms with Gasteiger partial charge in [-0.1, -0.05) is 132 Å². The summed E-state index contributed by atoms with van der Waals surface area (Å²) in [5.41, 5.74) is 9.14. The zero-order valence-corrected chi connectivity index (χ0v) is 75.5. The molecular formula is C89H117ClN12O17S4. The van der Waals surface area contributed by atoms with Crippen LogP contribution in [0.2, 0.25) is 5.15 Å². The summed E-state index contributed by atoms with van der Waals surface area (Å²) in [7, 11) is -14.1. The lowest BCUT2D eigenvalue weighted by atomic mass is 9.82. The van der Waals surface area contributed by atoms with Crippen LogP contribution in [0.25, 0.3) is 0 Å². The number of carbonyl (C=O) groups is 4. The third kappa shape index (κ3) is 33.3. The molecule has 1 aliphatic carbocycles. The summed E-state index contributed by atoms with van der Waals surface area (Å²) in [6.45, 7) is 25.6. The fraction of sp³-hybridized carbons (Fsp3) is 0.461. The van der Waals surface area contributed by atoms with Crippen LogP contribution in [0.1, 0.15) is 149 Å². The molecular weight excluding hydrogens is 1670 g/mol. The van der Waals surface area contributed by atoms with E-state index in [1.165, 1.54) is 56.2 Å². The number of urea groups is 1. The molecule has 4 fully saturated rings. The molecule has 4 amide bonds.